The van der Waals surface area contributed by atoms with Crippen LogP contribution in [0.1, 0.15) is 0 Å². The molecule has 0 radical (unpaired) electrons. The van der Waals surface area contributed by atoms with E-state index in [0.717, 1.165) is 0 Å². The van der Waals surface area contributed by atoms with Crippen LogP contribution < -0.4 is 0 Å². The van der Waals surface area contributed by atoms with E-state index in [2.05, 4.69) is 133 Å². The van der Waals surface area contributed by atoms with Crippen molar-refractivity contribution in [1.29, 1.82) is 0 Å². The molecule has 0 fully saturated rings. The molecule has 7 aromatic rings. The summed E-state index contributed by atoms with van der Waals surface area (Å²) >= 11 is 0. The van der Waals surface area contributed by atoms with Gasteiger partial charge in [-0.15, -0.1) is 0 Å². The maximum atomic E-state index is 2.38. The summed E-state index contributed by atoms with van der Waals surface area (Å²) < 4.78 is 0. The molecule has 0 saturated heterocycles. The molecule has 0 saturated carbocycles. The largest absolute Gasteiger partial charge is 0.0616 e. The van der Waals surface area contributed by atoms with E-state index >= 15 is 0 Å². The molecule has 0 spiro atoms. The highest BCUT2D eigenvalue weighted by molar-refractivity contribution is 6.24. The van der Waals surface area contributed by atoms with Crippen molar-refractivity contribution in [3.63, 3.8) is 0 Å². The lowest BCUT2D eigenvalue weighted by atomic mass is 9.77. The monoisotopic (exact) mass is 454 g/mol. The van der Waals surface area contributed by atoms with Crippen molar-refractivity contribution in [2.24, 2.45) is 0 Å². The predicted molar refractivity (Wildman–Crippen MR) is 154 cm³/mol. The van der Waals surface area contributed by atoms with Crippen molar-refractivity contribution < 1.29 is 0 Å². The molecule has 0 atom stereocenters. The highest BCUT2D eigenvalue weighted by Crippen LogP contribution is 2.52. The summed E-state index contributed by atoms with van der Waals surface area (Å²) in [4.78, 5) is 0. The molecular formula is C36H22. The second-order valence-corrected chi connectivity index (χ2v) is 9.68. The van der Waals surface area contributed by atoms with E-state index in [1.165, 1.54) is 76.8 Å². The maximum absolute atomic E-state index is 2.38. The zero-order valence-electron chi connectivity index (χ0n) is 19.7. The van der Waals surface area contributed by atoms with Gasteiger partial charge in [-0.3, -0.25) is 0 Å². The first-order chi connectivity index (χ1) is 17.9. The van der Waals surface area contributed by atoms with Gasteiger partial charge in [0.05, 0.1) is 0 Å². The number of rotatable bonds is 0. The van der Waals surface area contributed by atoms with Crippen LogP contribution in [0.25, 0.3) is 76.8 Å². The van der Waals surface area contributed by atoms with Gasteiger partial charge in [0, 0.05) is 0 Å². The van der Waals surface area contributed by atoms with E-state index in [4.69, 9.17) is 0 Å². The van der Waals surface area contributed by atoms with Gasteiger partial charge in [0.1, 0.15) is 0 Å². The van der Waals surface area contributed by atoms with Crippen LogP contribution in [-0.2, 0) is 0 Å². The van der Waals surface area contributed by atoms with Crippen LogP contribution >= 0.6 is 0 Å². The molecule has 1 aliphatic rings. The molecule has 0 heterocycles. The van der Waals surface area contributed by atoms with Gasteiger partial charge in [-0.2, -0.15) is 0 Å². The van der Waals surface area contributed by atoms with Gasteiger partial charge in [-0.1, -0.05) is 121 Å². The van der Waals surface area contributed by atoms with Crippen molar-refractivity contribution in [3.05, 3.63) is 133 Å². The number of hydrogen-bond acceptors (Lipinski definition) is 0. The van der Waals surface area contributed by atoms with Crippen molar-refractivity contribution in [2.45, 2.75) is 0 Å². The number of benzene rings is 7. The first kappa shape index (κ1) is 19.6. The van der Waals surface area contributed by atoms with Crippen LogP contribution in [0.2, 0.25) is 0 Å². The van der Waals surface area contributed by atoms with E-state index in [-0.39, 0.29) is 0 Å². The summed E-state index contributed by atoms with van der Waals surface area (Å²) in [5, 5.41) is 7.76. The lowest BCUT2D eigenvalue weighted by molar-refractivity contribution is 1.56. The van der Waals surface area contributed by atoms with Crippen LogP contribution in [0.4, 0.5) is 0 Å². The molecule has 1 aliphatic carbocycles. The Balaban J connectivity index is 1.68. The van der Waals surface area contributed by atoms with Crippen LogP contribution in [0.3, 0.4) is 0 Å². The van der Waals surface area contributed by atoms with Gasteiger partial charge in [-0.25, -0.2) is 0 Å². The van der Waals surface area contributed by atoms with Gasteiger partial charge in [-0.05, 0) is 89.0 Å². The molecule has 0 aromatic heterocycles. The Labute approximate surface area is 210 Å². The minimum Gasteiger partial charge on any atom is -0.0616 e. The SMILES string of the molecule is c1ccc2c(c1)-c1cc3ccccc3cc1-c1ccccc1-c1c-2c2ccccc2c2ccccc12. The molecular weight excluding hydrogens is 432 g/mol. The highest BCUT2D eigenvalue weighted by atomic mass is 14.3. The number of hydrogen-bond donors (Lipinski definition) is 0. The minimum absolute atomic E-state index is 1.27. The Morgan fingerprint density at radius 1 is 0.250 bits per heavy atom. The van der Waals surface area contributed by atoms with Gasteiger partial charge in [0.2, 0.25) is 0 Å². The van der Waals surface area contributed by atoms with Gasteiger partial charge in [0.15, 0.2) is 0 Å². The zero-order valence-corrected chi connectivity index (χ0v) is 19.7. The van der Waals surface area contributed by atoms with Gasteiger partial charge >= 0.3 is 0 Å². The van der Waals surface area contributed by atoms with E-state index in [1.807, 2.05) is 0 Å². The van der Waals surface area contributed by atoms with Crippen molar-refractivity contribution >= 4 is 32.3 Å². The third-order valence-electron chi connectivity index (χ3n) is 7.79. The second-order valence-electron chi connectivity index (χ2n) is 9.68. The molecule has 0 heteroatoms. The van der Waals surface area contributed by atoms with Gasteiger partial charge < -0.3 is 0 Å². The molecule has 0 amide bonds. The quantitative estimate of drug-likeness (QED) is 0.200. The third kappa shape index (κ3) is 2.64. The summed E-state index contributed by atoms with van der Waals surface area (Å²) in [5.41, 5.74) is 10.4. The Morgan fingerprint density at radius 3 is 1.03 bits per heavy atom. The summed E-state index contributed by atoms with van der Waals surface area (Å²) in [5.74, 6) is 0. The molecule has 0 unspecified atom stereocenters. The molecule has 0 nitrogen and oxygen atoms in total. The summed E-state index contributed by atoms with van der Waals surface area (Å²) in [7, 11) is 0. The summed E-state index contributed by atoms with van der Waals surface area (Å²) in [6.07, 6.45) is 0. The standard InChI is InChI=1S/C36H22/c1-2-12-24-22-34-28-16-6-10-20-32(28)36-30-18-8-4-14-26(30)25-13-3-7-17-29(25)35(36)31-19-9-5-15-27(31)33(34)21-23(24)11-1/h1-22H. The average Bonchev–Trinajstić information content (AvgIpc) is 2.95. The van der Waals surface area contributed by atoms with E-state index < -0.39 is 0 Å². The smallest absolute Gasteiger partial charge is 0.00139 e. The average molecular weight is 455 g/mol. The molecule has 0 aliphatic heterocycles. The molecule has 0 bridgehead atoms. The predicted octanol–water partition coefficient (Wildman–Crippen LogP) is 10.1. The normalized spacial score (nSPS) is 11.9. The fraction of sp³-hybridized carbons (Fsp3) is 0. The first-order valence-corrected chi connectivity index (χ1v) is 12.5. The fourth-order valence-corrected chi connectivity index (χ4v) is 6.26. The Kier molecular flexibility index (Phi) is 4.03. The van der Waals surface area contributed by atoms with E-state index in [0.29, 0.717) is 0 Å². The lowest BCUT2D eigenvalue weighted by Gasteiger charge is -2.26. The molecule has 166 valence electrons. The fourth-order valence-electron chi connectivity index (χ4n) is 6.26. The third-order valence-corrected chi connectivity index (χ3v) is 7.79. The molecule has 36 heavy (non-hydrogen) atoms. The molecule has 7 aromatic carbocycles. The minimum atomic E-state index is 1.27. The highest BCUT2D eigenvalue weighted by Gasteiger charge is 2.25. The zero-order chi connectivity index (χ0) is 23.6. The van der Waals surface area contributed by atoms with Crippen molar-refractivity contribution in [3.8, 4) is 44.5 Å². The maximum Gasteiger partial charge on any atom is -0.00139 e. The Bertz CT molecular complexity index is 1850. The van der Waals surface area contributed by atoms with E-state index in [1.54, 1.807) is 0 Å². The lowest BCUT2D eigenvalue weighted by Crippen LogP contribution is -1.99. The van der Waals surface area contributed by atoms with Crippen LogP contribution in [0.15, 0.2) is 133 Å². The second kappa shape index (κ2) is 7.41. The summed E-state index contributed by atoms with van der Waals surface area (Å²) in [6, 6.07) is 49.2. The summed E-state index contributed by atoms with van der Waals surface area (Å²) in [6.45, 7) is 0. The first-order valence-electron chi connectivity index (χ1n) is 12.5. The Hall–Kier alpha value is -4.68. The van der Waals surface area contributed by atoms with Gasteiger partial charge in [0.25, 0.3) is 0 Å². The van der Waals surface area contributed by atoms with Crippen molar-refractivity contribution in [2.75, 3.05) is 0 Å². The topological polar surface area (TPSA) is 0 Å². The molecule has 8 rings (SSSR count). The van der Waals surface area contributed by atoms with Crippen LogP contribution in [-0.4, -0.2) is 0 Å². The number of fused-ring (bicyclic) bond motifs is 14. The van der Waals surface area contributed by atoms with Crippen molar-refractivity contribution in [1.82, 2.24) is 0 Å². The van der Waals surface area contributed by atoms with Crippen LogP contribution in [0.5, 0.6) is 0 Å². The van der Waals surface area contributed by atoms with E-state index in [9.17, 15) is 0 Å². The van der Waals surface area contributed by atoms with Crippen LogP contribution in [0, 0.1) is 0 Å². The Morgan fingerprint density at radius 2 is 0.583 bits per heavy atom. The molecule has 0 N–H and O–H groups in total.